The number of esters is 1. The van der Waals surface area contributed by atoms with Crippen LogP contribution in [-0.2, 0) is 14.3 Å². The number of aliphatic hydroxyl groups is 2. The molecule has 0 aromatic rings. The van der Waals surface area contributed by atoms with Crippen molar-refractivity contribution in [3.8, 4) is 0 Å². The average molecular weight is 886 g/mol. The van der Waals surface area contributed by atoms with Gasteiger partial charge in [0.15, 0.2) is 0 Å². The fourth-order valence-corrected chi connectivity index (χ4v) is 8.33. The van der Waals surface area contributed by atoms with Gasteiger partial charge in [0.1, 0.15) is 0 Å². The molecule has 0 fully saturated rings. The van der Waals surface area contributed by atoms with Crippen molar-refractivity contribution >= 4 is 11.9 Å². The Bertz CT molecular complexity index is 1020. The first-order valence-corrected chi connectivity index (χ1v) is 27.8. The number of ether oxygens (including phenoxy) is 1. The van der Waals surface area contributed by atoms with Crippen molar-refractivity contribution in [1.82, 2.24) is 5.32 Å². The van der Waals surface area contributed by atoms with E-state index >= 15 is 0 Å². The van der Waals surface area contributed by atoms with Crippen molar-refractivity contribution in [3.63, 3.8) is 0 Å². The van der Waals surface area contributed by atoms with Crippen LogP contribution in [0.3, 0.4) is 0 Å². The minimum Gasteiger partial charge on any atom is -0.466 e. The topological polar surface area (TPSA) is 95.9 Å². The van der Waals surface area contributed by atoms with Gasteiger partial charge in [-0.05, 0) is 83.5 Å². The van der Waals surface area contributed by atoms with Gasteiger partial charge in [-0.2, -0.15) is 0 Å². The molecule has 0 bridgehead atoms. The highest BCUT2D eigenvalue weighted by molar-refractivity contribution is 5.76. The molecule has 0 aromatic heterocycles. The van der Waals surface area contributed by atoms with E-state index in [0.29, 0.717) is 19.4 Å². The molecule has 0 radical (unpaired) electrons. The molecule has 63 heavy (non-hydrogen) atoms. The molecule has 6 nitrogen and oxygen atoms in total. The van der Waals surface area contributed by atoms with Crippen LogP contribution in [0.15, 0.2) is 36.5 Å². The lowest BCUT2D eigenvalue weighted by atomic mass is 10.1. The summed E-state index contributed by atoms with van der Waals surface area (Å²) in [5.41, 5.74) is 0. The number of amides is 1. The maximum absolute atomic E-state index is 12.4. The van der Waals surface area contributed by atoms with E-state index in [-0.39, 0.29) is 18.5 Å². The van der Waals surface area contributed by atoms with Gasteiger partial charge in [0.25, 0.3) is 0 Å². The van der Waals surface area contributed by atoms with Gasteiger partial charge >= 0.3 is 5.97 Å². The minimum absolute atomic E-state index is 0.00157. The summed E-state index contributed by atoms with van der Waals surface area (Å²) in [5.74, 6) is -0.0783. The molecule has 0 spiro atoms. The van der Waals surface area contributed by atoms with Crippen molar-refractivity contribution in [3.05, 3.63) is 36.5 Å². The summed E-state index contributed by atoms with van der Waals surface area (Å²) < 4.78 is 5.48. The van der Waals surface area contributed by atoms with Crippen molar-refractivity contribution in [2.75, 3.05) is 13.2 Å². The molecular weight excluding hydrogens is 779 g/mol. The summed E-state index contributed by atoms with van der Waals surface area (Å²) in [7, 11) is 0. The Morgan fingerprint density at radius 3 is 1.13 bits per heavy atom. The van der Waals surface area contributed by atoms with Gasteiger partial charge in [0, 0.05) is 12.8 Å². The first-order valence-electron chi connectivity index (χ1n) is 27.8. The summed E-state index contributed by atoms with van der Waals surface area (Å²) in [6.07, 6.45) is 64.5. The smallest absolute Gasteiger partial charge is 0.305 e. The number of rotatable bonds is 51. The molecule has 0 aromatic carbocycles. The molecule has 0 aliphatic heterocycles. The predicted molar refractivity (Wildman–Crippen MR) is 273 cm³/mol. The van der Waals surface area contributed by atoms with Gasteiger partial charge in [-0.3, -0.25) is 9.59 Å². The molecule has 2 atom stereocenters. The number of hydrogen-bond donors (Lipinski definition) is 3. The summed E-state index contributed by atoms with van der Waals surface area (Å²) in [6.45, 7) is 4.86. The number of allylic oxidation sites excluding steroid dienone is 5. The van der Waals surface area contributed by atoms with Crippen LogP contribution in [0.2, 0.25) is 0 Å². The number of carbonyl (C=O) groups excluding carboxylic acids is 2. The zero-order chi connectivity index (χ0) is 45.8. The fraction of sp³-hybridized carbons (Fsp3) is 0.860. The maximum Gasteiger partial charge on any atom is 0.305 e. The summed E-state index contributed by atoms with van der Waals surface area (Å²) in [4.78, 5) is 24.4. The number of nitrogens with one attached hydrogen (secondary N) is 1. The summed E-state index contributed by atoms with van der Waals surface area (Å²) in [5, 5.41) is 22.9. The van der Waals surface area contributed by atoms with E-state index in [2.05, 4.69) is 43.5 Å². The lowest BCUT2D eigenvalue weighted by molar-refractivity contribution is -0.143. The first kappa shape index (κ1) is 61.1. The Hall–Kier alpha value is -1.92. The molecule has 6 heteroatoms. The predicted octanol–water partition coefficient (Wildman–Crippen LogP) is 16.9. The monoisotopic (exact) mass is 886 g/mol. The first-order chi connectivity index (χ1) is 31.0. The normalized spacial score (nSPS) is 12.9. The Labute approximate surface area is 392 Å². The van der Waals surface area contributed by atoms with E-state index < -0.39 is 12.1 Å². The van der Waals surface area contributed by atoms with Crippen LogP contribution in [-0.4, -0.2) is 47.4 Å². The highest BCUT2D eigenvalue weighted by atomic mass is 16.5. The second-order valence-electron chi connectivity index (χ2n) is 18.9. The molecular formula is C57H107NO5. The van der Waals surface area contributed by atoms with Crippen molar-refractivity contribution < 1.29 is 24.5 Å². The third-order valence-electron chi connectivity index (χ3n) is 12.6. The summed E-state index contributed by atoms with van der Waals surface area (Å²) >= 11 is 0. The van der Waals surface area contributed by atoms with Crippen LogP contribution in [0.4, 0.5) is 0 Å². The number of aliphatic hydroxyl groups excluding tert-OH is 2. The Morgan fingerprint density at radius 2 is 0.746 bits per heavy atom. The van der Waals surface area contributed by atoms with E-state index in [9.17, 15) is 19.8 Å². The molecule has 3 N–H and O–H groups in total. The average Bonchev–Trinajstić information content (AvgIpc) is 3.28. The van der Waals surface area contributed by atoms with Gasteiger partial charge in [-0.25, -0.2) is 0 Å². The molecule has 0 aliphatic carbocycles. The van der Waals surface area contributed by atoms with Crippen LogP contribution in [0.5, 0.6) is 0 Å². The van der Waals surface area contributed by atoms with Crippen LogP contribution in [0.1, 0.15) is 290 Å². The molecule has 2 unspecified atom stereocenters. The van der Waals surface area contributed by atoms with Crippen molar-refractivity contribution in [1.29, 1.82) is 0 Å². The largest absolute Gasteiger partial charge is 0.466 e. The van der Waals surface area contributed by atoms with Crippen LogP contribution >= 0.6 is 0 Å². The van der Waals surface area contributed by atoms with Crippen LogP contribution < -0.4 is 5.32 Å². The molecule has 0 saturated carbocycles. The van der Waals surface area contributed by atoms with E-state index in [1.807, 2.05) is 6.08 Å². The zero-order valence-corrected chi connectivity index (χ0v) is 42.1. The highest BCUT2D eigenvalue weighted by Crippen LogP contribution is 2.15. The molecule has 0 aliphatic rings. The van der Waals surface area contributed by atoms with E-state index in [0.717, 1.165) is 51.4 Å². The molecule has 1 amide bonds. The van der Waals surface area contributed by atoms with Gasteiger partial charge in [0.05, 0.1) is 25.4 Å². The van der Waals surface area contributed by atoms with Crippen LogP contribution in [0, 0.1) is 0 Å². The number of carbonyl (C=O) groups is 2. The molecule has 0 rings (SSSR count). The zero-order valence-electron chi connectivity index (χ0n) is 42.1. The van der Waals surface area contributed by atoms with Gasteiger partial charge in [0.2, 0.25) is 5.91 Å². The SMILES string of the molecule is CCCCCCCC/C=C\CCCCCCCCCC(=O)OCCCCCCCCCCC/C=C\CCCCCCCCCC(=O)NC(CO)C(O)/C=C/CCCCCCCCC. The van der Waals surface area contributed by atoms with Crippen molar-refractivity contribution in [2.24, 2.45) is 0 Å². The third-order valence-corrected chi connectivity index (χ3v) is 12.6. The number of unbranched alkanes of at least 4 members (excludes halogenated alkanes) is 36. The second-order valence-corrected chi connectivity index (χ2v) is 18.9. The quantitative estimate of drug-likeness (QED) is 0.0321. The van der Waals surface area contributed by atoms with E-state index in [1.165, 1.54) is 212 Å². The molecule has 0 saturated heterocycles. The van der Waals surface area contributed by atoms with Crippen LogP contribution in [0.25, 0.3) is 0 Å². The lowest BCUT2D eigenvalue weighted by Crippen LogP contribution is -2.45. The van der Waals surface area contributed by atoms with Gasteiger partial charge in [-0.1, -0.05) is 230 Å². The second kappa shape index (κ2) is 52.7. The minimum atomic E-state index is -0.848. The fourth-order valence-electron chi connectivity index (χ4n) is 8.33. The highest BCUT2D eigenvalue weighted by Gasteiger charge is 2.18. The summed E-state index contributed by atoms with van der Waals surface area (Å²) in [6, 6.07) is -0.632. The molecule has 370 valence electrons. The van der Waals surface area contributed by atoms with E-state index in [4.69, 9.17) is 4.74 Å². The van der Waals surface area contributed by atoms with E-state index in [1.54, 1.807) is 6.08 Å². The Balaban J connectivity index is 3.42. The Morgan fingerprint density at radius 1 is 0.429 bits per heavy atom. The third kappa shape index (κ3) is 49.4. The van der Waals surface area contributed by atoms with Crippen molar-refractivity contribution in [2.45, 2.75) is 302 Å². The lowest BCUT2D eigenvalue weighted by Gasteiger charge is -2.20. The van der Waals surface area contributed by atoms with Gasteiger partial charge in [-0.15, -0.1) is 0 Å². The van der Waals surface area contributed by atoms with Gasteiger partial charge < -0.3 is 20.3 Å². The number of hydrogen-bond acceptors (Lipinski definition) is 5. The maximum atomic E-state index is 12.4. The Kier molecular flexibility index (Phi) is 51.1. The molecule has 0 heterocycles. The standard InChI is InChI=1S/C57H107NO5/c1-3-5-7-9-11-13-14-15-16-21-25-28-31-35-39-43-47-51-57(62)63-52-48-44-40-36-32-29-26-23-20-18-17-19-22-24-27-30-34-38-42-46-50-56(61)58-54(53-59)55(60)49-45-41-37-33-12-10-8-6-4-2/h15-17,19,45,49,54-55,59-60H,3-14,18,20-44,46-48,50-53H2,1-2H3,(H,58,61)/b16-15-,19-17-,49-45+.